The van der Waals surface area contributed by atoms with Gasteiger partial charge in [-0.1, -0.05) is 0 Å². The van der Waals surface area contributed by atoms with Crippen molar-refractivity contribution in [1.29, 1.82) is 0 Å². The van der Waals surface area contributed by atoms with Gasteiger partial charge >= 0.3 is 0 Å². The van der Waals surface area contributed by atoms with Gasteiger partial charge in [-0.15, -0.1) is 0 Å². The molecule has 1 saturated heterocycles. The van der Waals surface area contributed by atoms with Gasteiger partial charge in [0.25, 0.3) is 0 Å². The molecule has 0 saturated carbocycles. The number of hydrogen-bond acceptors (Lipinski definition) is 1. The van der Waals surface area contributed by atoms with Crippen molar-refractivity contribution < 1.29 is 4.21 Å². The lowest BCUT2D eigenvalue weighted by Crippen LogP contribution is -2.19. The molecular formula is C4H8ClOSSi. The zero-order valence-electron chi connectivity index (χ0n) is 4.52. The van der Waals surface area contributed by atoms with Gasteiger partial charge in [0.2, 0.25) is 0 Å². The van der Waals surface area contributed by atoms with Gasteiger partial charge in [0, 0.05) is 22.3 Å². The van der Waals surface area contributed by atoms with E-state index in [0.29, 0.717) is 0 Å². The molecule has 1 heterocycles. The van der Waals surface area contributed by atoms with Gasteiger partial charge < -0.3 is 0 Å². The normalized spacial score (nSPS) is 26.1. The average Bonchev–Trinajstić information content (AvgIpc) is 1.77. The highest BCUT2D eigenvalue weighted by atomic mass is 35.6. The summed E-state index contributed by atoms with van der Waals surface area (Å²) in [4.78, 5) is 0. The Balaban J connectivity index is 2.29. The Labute approximate surface area is 58.2 Å². The topological polar surface area (TPSA) is 17.1 Å². The zero-order valence-corrected chi connectivity index (χ0v) is 7.10. The van der Waals surface area contributed by atoms with Gasteiger partial charge in [-0.3, -0.25) is 4.21 Å². The first-order valence-electron chi connectivity index (χ1n) is 2.64. The largest absolute Gasteiger partial charge is 0.260 e. The lowest BCUT2D eigenvalue weighted by molar-refractivity contribution is 0.683. The van der Waals surface area contributed by atoms with Crippen LogP contribution in [0.2, 0.25) is 12.1 Å². The first kappa shape index (κ1) is 6.77. The summed E-state index contributed by atoms with van der Waals surface area (Å²) >= 11 is 5.85. The summed E-state index contributed by atoms with van der Waals surface area (Å²) in [5.74, 6) is 1.72. The summed E-state index contributed by atoms with van der Waals surface area (Å²) in [5, 5.41) is 0. The molecule has 0 amide bonds. The van der Waals surface area contributed by atoms with E-state index in [1.54, 1.807) is 0 Å². The summed E-state index contributed by atoms with van der Waals surface area (Å²) < 4.78 is 10.7. The number of rotatable bonds is 0. The van der Waals surface area contributed by atoms with Crippen LogP contribution in [0, 0.1) is 0 Å². The van der Waals surface area contributed by atoms with E-state index in [-0.39, 0.29) is 0 Å². The molecule has 1 rings (SSSR count). The second kappa shape index (κ2) is 2.99. The minimum Gasteiger partial charge on any atom is -0.260 e. The van der Waals surface area contributed by atoms with Crippen molar-refractivity contribution in [2.45, 2.75) is 12.1 Å². The molecule has 0 aromatic rings. The SMILES string of the molecule is O=S1CC[Si](Cl)CC1. The molecule has 0 aromatic carbocycles. The van der Waals surface area contributed by atoms with Crippen molar-refractivity contribution in [2.24, 2.45) is 0 Å². The molecule has 1 nitrogen and oxygen atoms in total. The van der Waals surface area contributed by atoms with Crippen molar-refractivity contribution in [3.8, 4) is 0 Å². The van der Waals surface area contributed by atoms with Crippen LogP contribution in [0.15, 0.2) is 0 Å². The van der Waals surface area contributed by atoms with Gasteiger partial charge in [-0.2, -0.15) is 11.1 Å². The van der Waals surface area contributed by atoms with Crippen molar-refractivity contribution in [2.75, 3.05) is 11.5 Å². The van der Waals surface area contributed by atoms with E-state index in [4.69, 9.17) is 11.1 Å². The molecule has 0 N–H and O–H groups in total. The highest BCUT2D eigenvalue weighted by molar-refractivity contribution is 7.85. The standard InChI is InChI=1S/C4H8ClOSSi/c5-8-3-1-7(6)2-4-8/h1-4H2. The lowest BCUT2D eigenvalue weighted by atomic mass is 10.9. The minimum absolute atomic E-state index is 0.520. The van der Waals surface area contributed by atoms with E-state index < -0.39 is 18.9 Å². The quantitative estimate of drug-likeness (QED) is 0.389. The highest BCUT2D eigenvalue weighted by Gasteiger charge is 2.16. The minimum atomic E-state index is -0.546. The van der Waals surface area contributed by atoms with E-state index in [1.807, 2.05) is 0 Å². The molecule has 1 fully saturated rings. The average molecular weight is 168 g/mol. The van der Waals surface area contributed by atoms with Gasteiger partial charge in [0.05, 0.1) is 0 Å². The second-order valence-corrected chi connectivity index (χ2v) is 7.20. The second-order valence-electron chi connectivity index (χ2n) is 1.87. The van der Waals surface area contributed by atoms with Crippen LogP contribution in [0.25, 0.3) is 0 Å². The highest BCUT2D eigenvalue weighted by Crippen LogP contribution is 2.12. The third-order valence-corrected chi connectivity index (χ3v) is 5.96. The van der Waals surface area contributed by atoms with Crippen molar-refractivity contribution in [3.05, 3.63) is 0 Å². The van der Waals surface area contributed by atoms with Gasteiger partial charge in [-0.25, -0.2) is 0 Å². The molecule has 0 bridgehead atoms. The fourth-order valence-electron chi connectivity index (χ4n) is 0.676. The summed E-state index contributed by atoms with van der Waals surface area (Å²) in [6.07, 6.45) is 0. The van der Waals surface area contributed by atoms with Crippen molar-refractivity contribution in [1.82, 2.24) is 0 Å². The zero-order chi connectivity index (χ0) is 5.98. The Hall–Kier alpha value is 0.657. The van der Waals surface area contributed by atoms with Crippen molar-refractivity contribution >= 4 is 30.0 Å². The Kier molecular flexibility index (Phi) is 2.53. The van der Waals surface area contributed by atoms with E-state index in [0.717, 1.165) is 23.6 Å². The van der Waals surface area contributed by atoms with E-state index >= 15 is 0 Å². The van der Waals surface area contributed by atoms with Crippen LogP contribution in [0.1, 0.15) is 0 Å². The molecule has 0 unspecified atom stereocenters. The Morgan fingerprint density at radius 1 is 1.38 bits per heavy atom. The first-order valence-corrected chi connectivity index (χ1v) is 7.05. The molecule has 8 heavy (non-hydrogen) atoms. The monoisotopic (exact) mass is 167 g/mol. The fourth-order valence-corrected chi connectivity index (χ4v) is 6.11. The van der Waals surface area contributed by atoms with Gasteiger partial charge in [0.1, 0.15) is 0 Å². The first-order chi connectivity index (χ1) is 3.79. The summed E-state index contributed by atoms with van der Waals surface area (Å²) in [7, 11) is -1.07. The van der Waals surface area contributed by atoms with Gasteiger partial charge in [0.15, 0.2) is 8.11 Å². The molecule has 1 aliphatic heterocycles. The predicted octanol–water partition coefficient (Wildman–Crippen LogP) is 0.979. The van der Waals surface area contributed by atoms with Crippen molar-refractivity contribution in [3.63, 3.8) is 0 Å². The Bertz CT molecular complexity index is 98.2. The number of hydrogen-bond donors (Lipinski definition) is 0. The maximum absolute atomic E-state index is 10.7. The molecule has 0 aliphatic carbocycles. The molecular weight excluding hydrogens is 160 g/mol. The number of halogens is 1. The van der Waals surface area contributed by atoms with Crippen LogP contribution >= 0.6 is 11.1 Å². The smallest absolute Gasteiger partial charge is 0.167 e. The third-order valence-electron chi connectivity index (χ3n) is 1.20. The fraction of sp³-hybridized carbons (Fsp3) is 1.00. The Morgan fingerprint density at radius 3 is 2.25 bits per heavy atom. The van der Waals surface area contributed by atoms with Crippen LogP contribution in [0.4, 0.5) is 0 Å². The van der Waals surface area contributed by atoms with Crippen LogP contribution in [-0.4, -0.2) is 23.8 Å². The summed E-state index contributed by atoms with van der Waals surface area (Å²) in [5.41, 5.74) is 0. The molecule has 1 radical (unpaired) electrons. The lowest BCUT2D eigenvalue weighted by Gasteiger charge is -2.11. The third kappa shape index (κ3) is 1.88. The van der Waals surface area contributed by atoms with Gasteiger partial charge in [-0.05, 0) is 12.1 Å². The summed E-state index contributed by atoms with van der Waals surface area (Å²) in [6, 6.07) is 2.08. The predicted molar refractivity (Wildman–Crippen MR) is 39.1 cm³/mol. The maximum atomic E-state index is 10.7. The maximum Gasteiger partial charge on any atom is 0.167 e. The van der Waals surface area contributed by atoms with Crippen LogP contribution < -0.4 is 0 Å². The van der Waals surface area contributed by atoms with Crippen LogP contribution in [0.5, 0.6) is 0 Å². The molecule has 4 heteroatoms. The summed E-state index contributed by atoms with van der Waals surface area (Å²) in [6.45, 7) is 0. The van der Waals surface area contributed by atoms with E-state index in [1.165, 1.54) is 0 Å². The van der Waals surface area contributed by atoms with E-state index in [9.17, 15) is 4.21 Å². The molecule has 0 aromatic heterocycles. The Morgan fingerprint density at radius 2 is 1.88 bits per heavy atom. The molecule has 1 aliphatic rings. The molecule has 0 spiro atoms. The van der Waals surface area contributed by atoms with Crippen LogP contribution in [-0.2, 0) is 10.8 Å². The van der Waals surface area contributed by atoms with E-state index in [2.05, 4.69) is 0 Å². The molecule has 0 atom stereocenters. The van der Waals surface area contributed by atoms with Crippen LogP contribution in [0.3, 0.4) is 0 Å². The molecule has 47 valence electrons.